The molecule has 9 aromatic rings. The van der Waals surface area contributed by atoms with Gasteiger partial charge >= 0.3 is 0 Å². The number of anilines is 3. The van der Waals surface area contributed by atoms with E-state index in [0.717, 1.165) is 17.1 Å². The Labute approximate surface area is 364 Å². The summed E-state index contributed by atoms with van der Waals surface area (Å²) in [6, 6.07) is 81.0. The number of hydrogen-bond donors (Lipinski definition) is 0. The number of allylic oxidation sites excluding steroid dienone is 5. The van der Waals surface area contributed by atoms with Crippen molar-refractivity contribution in [2.24, 2.45) is 0 Å². The molecule has 0 aliphatic heterocycles. The van der Waals surface area contributed by atoms with Crippen LogP contribution in [0.5, 0.6) is 0 Å². The number of fused-ring (bicyclic) bond motifs is 7. The number of benzene rings is 9. The molecule has 0 aromatic heterocycles. The van der Waals surface area contributed by atoms with Crippen LogP contribution in [0.1, 0.15) is 45.9 Å². The van der Waals surface area contributed by atoms with E-state index < -0.39 is 10.8 Å². The minimum Gasteiger partial charge on any atom is -0.310 e. The van der Waals surface area contributed by atoms with E-state index in [9.17, 15) is 0 Å². The Balaban J connectivity index is 1.20. The Morgan fingerprint density at radius 1 is 0.403 bits per heavy atom. The fourth-order valence-corrected chi connectivity index (χ4v) is 10.8. The fourth-order valence-electron chi connectivity index (χ4n) is 10.8. The molecule has 0 bridgehead atoms. The van der Waals surface area contributed by atoms with Gasteiger partial charge in [0.1, 0.15) is 0 Å². The summed E-state index contributed by atoms with van der Waals surface area (Å²) in [7, 11) is 0. The lowest BCUT2D eigenvalue weighted by Gasteiger charge is -2.36. The molecule has 2 aliphatic rings. The van der Waals surface area contributed by atoms with Gasteiger partial charge in [-0.2, -0.15) is 0 Å². The van der Waals surface area contributed by atoms with Crippen molar-refractivity contribution in [3.63, 3.8) is 0 Å². The minimum atomic E-state index is -0.529. The van der Waals surface area contributed by atoms with Gasteiger partial charge in [0.25, 0.3) is 0 Å². The third kappa shape index (κ3) is 5.55. The van der Waals surface area contributed by atoms with E-state index in [1.54, 1.807) is 0 Å². The van der Waals surface area contributed by atoms with Crippen molar-refractivity contribution in [3.8, 4) is 22.3 Å². The molecule has 0 radical (unpaired) electrons. The van der Waals surface area contributed by atoms with Crippen LogP contribution >= 0.6 is 0 Å². The van der Waals surface area contributed by atoms with E-state index in [0.29, 0.717) is 0 Å². The van der Waals surface area contributed by atoms with E-state index in [-0.39, 0.29) is 0 Å². The van der Waals surface area contributed by atoms with Gasteiger partial charge in [0, 0.05) is 17.1 Å². The first-order valence-corrected chi connectivity index (χ1v) is 21.5. The first kappa shape index (κ1) is 37.3. The minimum absolute atomic E-state index is 0.525. The Morgan fingerprint density at radius 2 is 0.871 bits per heavy atom. The van der Waals surface area contributed by atoms with E-state index in [1.165, 1.54) is 77.5 Å². The van der Waals surface area contributed by atoms with Gasteiger partial charge in [0.2, 0.25) is 0 Å². The molecule has 1 atom stereocenters. The Hall–Kier alpha value is -7.74. The van der Waals surface area contributed by atoms with Crippen molar-refractivity contribution in [2.45, 2.75) is 17.8 Å². The number of nitrogens with zero attached hydrogens (tertiary/aromatic N) is 1. The molecular formula is C61H45N. The summed E-state index contributed by atoms with van der Waals surface area (Å²) in [5.41, 5.74) is 17.4. The van der Waals surface area contributed by atoms with Crippen molar-refractivity contribution in [2.75, 3.05) is 4.90 Å². The molecule has 1 heteroatoms. The average molecular weight is 792 g/mol. The molecule has 0 saturated heterocycles. The molecule has 0 saturated carbocycles. The molecule has 294 valence electrons. The maximum absolute atomic E-state index is 3.96. The maximum atomic E-state index is 3.96. The second-order valence-electron chi connectivity index (χ2n) is 16.5. The first-order valence-electron chi connectivity index (χ1n) is 21.5. The van der Waals surface area contributed by atoms with Crippen LogP contribution < -0.4 is 4.90 Å². The summed E-state index contributed by atoms with van der Waals surface area (Å²) in [5.74, 6) is 0. The van der Waals surface area contributed by atoms with Gasteiger partial charge in [-0.05, 0) is 115 Å². The normalized spacial score (nSPS) is 15.8. The highest BCUT2D eigenvalue weighted by atomic mass is 15.1. The van der Waals surface area contributed by atoms with Gasteiger partial charge in [-0.3, -0.25) is 0 Å². The molecule has 1 nitrogen and oxygen atoms in total. The number of hydrogen-bond acceptors (Lipinski definition) is 1. The Morgan fingerprint density at radius 3 is 1.52 bits per heavy atom. The van der Waals surface area contributed by atoms with Crippen LogP contribution in [-0.2, 0) is 10.8 Å². The summed E-state index contributed by atoms with van der Waals surface area (Å²) < 4.78 is 0. The molecule has 9 aromatic carbocycles. The largest absolute Gasteiger partial charge is 0.310 e. The highest BCUT2D eigenvalue weighted by Gasteiger charge is 2.48. The van der Waals surface area contributed by atoms with Crippen molar-refractivity contribution in [1.29, 1.82) is 0 Å². The van der Waals surface area contributed by atoms with E-state index in [2.05, 4.69) is 249 Å². The van der Waals surface area contributed by atoms with Gasteiger partial charge in [-0.25, -0.2) is 0 Å². The molecule has 0 fully saturated rings. The van der Waals surface area contributed by atoms with Gasteiger partial charge in [0.05, 0.1) is 10.8 Å². The summed E-state index contributed by atoms with van der Waals surface area (Å²) in [4.78, 5) is 2.48. The van der Waals surface area contributed by atoms with E-state index in [4.69, 9.17) is 0 Å². The van der Waals surface area contributed by atoms with Crippen LogP contribution in [0.3, 0.4) is 0 Å². The second-order valence-corrected chi connectivity index (χ2v) is 16.5. The van der Waals surface area contributed by atoms with Crippen LogP contribution in [-0.4, -0.2) is 0 Å². The maximum Gasteiger partial charge on any atom is 0.0714 e. The third-order valence-corrected chi connectivity index (χ3v) is 13.4. The lowest BCUT2D eigenvalue weighted by molar-refractivity contribution is 0.746. The van der Waals surface area contributed by atoms with Crippen LogP contribution in [0.25, 0.3) is 33.0 Å². The molecule has 0 N–H and O–H groups in total. The molecule has 0 amide bonds. The summed E-state index contributed by atoms with van der Waals surface area (Å²) >= 11 is 0. The van der Waals surface area contributed by atoms with Gasteiger partial charge in [0.15, 0.2) is 0 Å². The zero-order valence-electron chi connectivity index (χ0n) is 34.7. The van der Waals surface area contributed by atoms with Gasteiger partial charge in [-0.1, -0.05) is 218 Å². The second kappa shape index (κ2) is 15.1. The molecular weight excluding hydrogens is 747 g/mol. The molecule has 62 heavy (non-hydrogen) atoms. The lowest BCUT2D eigenvalue weighted by Crippen LogP contribution is -2.29. The predicted molar refractivity (Wildman–Crippen MR) is 261 cm³/mol. The average Bonchev–Trinajstić information content (AvgIpc) is 3.80. The highest BCUT2D eigenvalue weighted by molar-refractivity contribution is 5.94. The van der Waals surface area contributed by atoms with Crippen molar-refractivity contribution < 1.29 is 0 Å². The zero-order valence-corrected chi connectivity index (χ0v) is 34.7. The summed E-state index contributed by atoms with van der Waals surface area (Å²) in [6.45, 7) is 6.25. The monoisotopic (exact) mass is 791 g/mol. The third-order valence-electron chi connectivity index (χ3n) is 13.4. The van der Waals surface area contributed by atoms with Crippen molar-refractivity contribution in [1.82, 2.24) is 0 Å². The van der Waals surface area contributed by atoms with Crippen LogP contribution in [0.15, 0.2) is 255 Å². The molecule has 1 unspecified atom stereocenters. The predicted octanol–water partition coefficient (Wildman–Crippen LogP) is 15.7. The molecule has 0 spiro atoms. The van der Waals surface area contributed by atoms with E-state index >= 15 is 0 Å². The Kier molecular flexibility index (Phi) is 9.06. The van der Waals surface area contributed by atoms with Gasteiger partial charge < -0.3 is 4.90 Å². The summed E-state index contributed by atoms with van der Waals surface area (Å²) in [5, 5.41) is 2.42. The lowest BCUT2D eigenvalue weighted by atomic mass is 9.67. The topological polar surface area (TPSA) is 3.24 Å². The van der Waals surface area contributed by atoms with Crippen LogP contribution in [0.4, 0.5) is 17.1 Å². The molecule has 0 heterocycles. The van der Waals surface area contributed by atoms with E-state index in [1.807, 2.05) is 12.2 Å². The smallest absolute Gasteiger partial charge is 0.0714 e. The van der Waals surface area contributed by atoms with Crippen molar-refractivity contribution >= 4 is 27.8 Å². The molecule has 2 aliphatic carbocycles. The standard InChI is InChI=1S/C61H45N/c1-3-4-8-21-43(2)60(46-24-9-5-10-25-46)56-32-19-17-30-52(56)54-38-36-50(41-58(54)60)62(49-35-34-44-22-15-16-23-45(44)40-49)51-37-39-55-53-31-18-20-33-57(53)61(59(55)42-51,47-26-11-6-12-27-47)48-28-13-7-14-29-48/h3-42H,1H2,2H3/b8-4-,43-21+. The van der Waals surface area contributed by atoms with Crippen molar-refractivity contribution in [3.05, 3.63) is 294 Å². The van der Waals surface area contributed by atoms with Crippen LogP contribution in [0.2, 0.25) is 0 Å². The first-order chi connectivity index (χ1) is 30.6. The Bertz CT molecular complexity index is 3170. The zero-order chi connectivity index (χ0) is 41.7. The summed E-state index contributed by atoms with van der Waals surface area (Å²) in [6.07, 6.45) is 8.24. The van der Waals surface area contributed by atoms with Crippen LogP contribution in [0, 0.1) is 0 Å². The van der Waals surface area contributed by atoms with Gasteiger partial charge in [-0.15, -0.1) is 0 Å². The highest BCUT2D eigenvalue weighted by Crippen LogP contribution is 2.59. The quantitative estimate of drug-likeness (QED) is 0.132. The fraction of sp³-hybridized carbons (Fsp3) is 0.0492. The molecule has 11 rings (SSSR count). The number of rotatable bonds is 9. The SMILES string of the molecule is C=C/C=C\C=C(/C)C1(c2ccccc2)c2ccccc2-c2ccc(N(c3ccc4c(c3)C(c3ccccc3)(c3ccccc3)c3ccccc3-4)c3ccc4ccccc4c3)cc21.